The topological polar surface area (TPSA) is 42.0 Å². The number of benzene rings is 3. The highest BCUT2D eigenvalue weighted by molar-refractivity contribution is 8.00. The van der Waals surface area contributed by atoms with Crippen molar-refractivity contribution in [2.75, 3.05) is 5.32 Å². The minimum absolute atomic E-state index is 0.00441. The Labute approximate surface area is 184 Å². The van der Waals surface area contributed by atoms with Crippen LogP contribution in [0.4, 0.5) is 10.1 Å². The third-order valence-corrected chi connectivity index (χ3v) is 7.04. The van der Waals surface area contributed by atoms with Crippen LogP contribution in [0.5, 0.6) is 0 Å². The molecule has 4 rings (SSSR count). The molecular weight excluding hydrogens is 450 g/mol. The summed E-state index contributed by atoms with van der Waals surface area (Å²) >= 11 is 15.5. The van der Waals surface area contributed by atoms with E-state index >= 15 is 0 Å². The number of aromatic nitrogens is 1. The molecule has 0 aliphatic heterocycles. The first-order valence-electron chi connectivity index (χ1n) is 8.53. The van der Waals surface area contributed by atoms with E-state index in [2.05, 4.69) is 10.3 Å². The fourth-order valence-electron chi connectivity index (χ4n) is 2.69. The molecule has 0 atom stereocenters. The fourth-order valence-corrected chi connectivity index (χ4v) is 5.54. The molecule has 3 nitrogen and oxygen atoms in total. The number of hydrogen-bond acceptors (Lipinski definition) is 4. The van der Waals surface area contributed by atoms with E-state index in [1.807, 2.05) is 30.3 Å². The predicted molar refractivity (Wildman–Crippen MR) is 120 cm³/mol. The molecule has 1 heterocycles. The lowest BCUT2D eigenvalue weighted by atomic mass is 10.2. The molecule has 0 aliphatic carbocycles. The molecule has 0 bridgehead atoms. The molecule has 0 fully saturated rings. The van der Waals surface area contributed by atoms with Crippen LogP contribution < -0.4 is 5.32 Å². The predicted octanol–water partition coefficient (Wildman–Crippen LogP) is 7.29. The Morgan fingerprint density at radius 2 is 1.83 bits per heavy atom. The van der Waals surface area contributed by atoms with Crippen LogP contribution in [0.1, 0.15) is 15.9 Å². The van der Waals surface area contributed by atoms with Crippen molar-refractivity contribution in [3.05, 3.63) is 87.7 Å². The smallest absolute Gasteiger partial charge is 0.258 e. The summed E-state index contributed by atoms with van der Waals surface area (Å²) in [6.07, 6.45) is 0. The number of amides is 1. The molecule has 8 heteroatoms. The van der Waals surface area contributed by atoms with Crippen LogP contribution in [0.2, 0.25) is 10.0 Å². The summed E-state index contributed by atoms with van der Waals surface area (Å²) in [5.41, 5.74) is 2.29. The number of fused-ring (bicyclic) bond motifs is 1. The molecule has 0 saturated carbocycles. The third kappa shape index (κ3) is 4.56. The molecule has 0 unspecified atom stereocenters. The highest BCUT2D eigenvalue weighted by atomic mass is 35.5. The maximum absolute atomic E-state index is 13.8. The van der Waals surface area contributed by atoms with Gasteiger partial charge in [0, 0.05) is 21.5 Å². The van der Waals surface area contributed by atoms with E-state index in [0.717, 1.165) is 20.1 Å². The van der Waals surface area contributed by atoms with E-state index in [0.29, 0.717) is 21.5 Å². The first kappa shape index (κ1) is 20.2. The van der Waals surface area contributed by atoms with Crippen molar-refractivity contribution in [1.82, 2.24) is 4.98 Å². The highest BCUT2D eigenvalue weighted by Gasteiger charge is 2.13. The maximum Gasteiger partial charge on any atom is 0.258 e. The van der Waals surface area contributed by atoms with Gasteiger partial charge in [0.1, 0.15) is 5.82 Å². The van der Waals surface area contributed by atoms with Gasteiger partial charge in [-0.25, -0.2) is 9.37 Å². The van der Waals surface area contributed by atoms with Crippen molar-refractivity contribution in [2.45, 2.75) is 10.1 Å². The van der Waals surface area contributed by atoms with Gasteiger partial charge in [-0.3, -0.25) is 4.79 Å². The molecule has 1 aromatic heterocycles. The highest BCUT2D eigenvalue weighted by Crippen LogP contribution is 2.36. The summed E-state index contributed by atoms with van der Waals surface area (Å²) in [7, 11) is 0. The summed E-state index contributed by atoms with van der Waals surface area (Å²) in [5.74, 6) is -0.439. The number of carbonyl (C=O) groups excluding carboxylic acids is 1. The van der Waals surface area contributed by atoms with Crippen LogP contribution in [0.15, 0.2) is 65.0 Å². The average molecular weight is 463 g/mol. The summed E-state index contributed by atoms with van der Waals surface area (Å²) in [6.45, 7) is 0. The van der Waals surface area contributed by atoms with Gasteiger partial charge in [0.15, 0.2) is 4.34 Å². The zero-order chi connectivity index (χ0) is 20.4. The van der Waals surface area contributed by atoms with Crippen molar-refractivity contribution in [2.24, 2.45) is 0 Å². The molecule has 3 aromatic carbocycles. The molecule has 4 aromatic rings. The second kappa shape index (κ2) is 8.71. The molecule has 1 amide bonds. The van der Waals surface area contributed by atoms with Gasteiger partial charge in [-0.05, 0) is 48.0 Å². The lowest BCUT2D eigenvalue weighted by Gasteiger charge is -2.05. The Kier molecular flexibility index (Phi) is 6.06. The molecule has 0 saturated heterocycles. The van der Waals surface area contributed by atoms with Crippen LogP contribution in [-0.2, 0) is 5.75 Å². The molecule has 0 spiro atoms. The summed E-state index contributed by atoms with van der Waals surface area (Å²) in [5, 5.41) is 3.99. The second-order valence-corrected chi connectivity index (χ2v) is 9.15. The molecular formula is C21H13Cl2FN2OS2. The van der Waals surface area contributed by atoms with E-state index < -0.39 is 11.7 Å². The van der Waals surface area contributed by atoms with Crippen LogP contribution in [0.25, 0.3) is 10.2 Å². The second-order valence-electron chi connectivity index (χ2n) is 6.09. The number of hydrogen-bond donors (Lipinski definition) is 1. The van der Waals surface area contributed by atoms with E-state index in [-0.39, 0.29) is 5.56 Å². The normalized spacial score (nSPS) is 11.0. The largest absolute Gasteiger partial charge is 0.322 e. The van der Waals surface area contributed by atoms with E-state index in [1.54, 1.807) is 30.0 Å². The fraction of sp³-hybridized carbons (Fsp3) is 0.0476. The van der Waals surface area contributed by atoms with Crippen molar-refractivity contribution in [3.8, 4) is 0 Å². The van der Waals surface area contributed by atoms with Crippen molar-refractivity contribution in [3.63, 3.8) is 0 Å². The van der Waals surface area contributed by atoms with Crippen LogP contribution >= 0.6 is 46.3 Å². The minimum Gasteiger partial charge on any atom is -0.322 e. The third-order valence-electron chi connectivity index (χ3n) is 4.15. The van der Waals surface area contributed by atoms with Gasteiger partial charge < -0.3 is 5.32 Å². The molecule has 0 radical (unpaired) electrons. The lowest BCUT2D eigenvalue weighted by molar-refractivity contribution is 0.102. The van der Waals surface area contributed by atoms with Gasteiger partial charge in [0.2, 0.25) is 0 Å². The molecule has 29 heavy (non-hydrogen) atoms. The van der Waals surface area contributed by atoms with E-state index in [4.69, 9.17) is 23.2 Å². The molecule has 146 valence electrons. The van der Waals surface area contributed by atoms with Gasteiger partial charge in [-0.1, -0.05) is 53.2 Å². The number of nitrogens with one attached hydrogen (secondary N) is 1. The van der Waals surface area contributed by atoms with Crippen LogP contribution in [0.3, 0.4) is 0 Å². The average Bonchev–Trinajstić information content (AvgIpc) is 3.10. The van der Waals surface area contributed by atoms with Crippen molar-refractivity contribution in [1.29, 1.82) is 0 Å². The summed E-state index contributed by atoms with van der Waals surface area (Å²) in [6, 6.07) is 16.7. The number of halogens is 3. The van der Waals surface area contributed by atoms with Crippen molar-refractivity contribution >= 4 is 68.1 Å². The Morgan fingerprint density at radius 3 is 2.59 bits per heavy atom. The number of nitrogens with zero attached hydrogens (tertiary/aromatic N) is 1. The summed E-state index contributed by atoms with van der Waals surface area (Å²) in [4.78, 5) is 16.9. The van der Waals surface area contributed by atoms with Gasteiger partial charge in [0.25, 0.3) is 5.91 Å². The first-order valence-corrected chi connectivity index (χ1v) is 11.1. The lowest BCUT2D eigenvalue weighted by Crippen LogP contribution is -2.13. The first-order chi connectivity index (χ1) is 14.0. The Morgan fingerprint density at radius 1 is 1.07 bits per heavy atom. The number of carbonyl (C=O) groups is 1. The van der Waals surface area contributed by atoms with Gasteiger partial charge in [-0.15, -0.1) is 11.3 Å². The van der Waals surface area contributed by atoms with Gasteiger partial charge in [-0.2, -0.15) is 0 Å². The SMILES string of the molecule is O=C(Nc1ccc2nc(SCc3c(Cl)cccc3Cl)sc2c1)c1ccccc1F. The van der Waals surface area contributed by atoms with Gasteiger partial charge >= 0.3 is 0 Å². The summed E-state index contributed by atoms with van der Waals surface area (Å²) < 4.78 is 15.6. The number of rotatable bonds is 5. The number of anilines is 1. The van der Waals surface area contributed by atoms with E-state index in [1.165, 1.54) is 23.5 Å². The maximum atomic E-state index is 13.8. The quantitative estimate of drug-likeness (QED) is 0.316. The van der Waals surface area contributed by atoms with Crippen LogP contribution in [0, 0.1) is 5.82 Å². The Hall–Kier alpha value is -2.12. The number of thiazole rings is 1. The zero-order valence-electron chi connectivity index (χ0n) is 14.8. The van der Waals surface area contributed by atoms with Gasteiger partial charge in [0.05, 0.1) is 15.8 Å². The zero-order valence-corrected chi connectivity index (χ0v) is 17.9. The molecule has 1 N–H and O–H groups in total. The minimum atomic E-state index is -0.555. The van der Waals surface area contributed by atoms with E-state index in [9.17, 15) is 9.18 Å². The Balaban J connectivity index is 1.50. The van der Waals surface area contributed by atoms with Crippen molar-refractivity contribution < 1.29 is 9.18 Å². The van der Waals surface area contributed by atoms with Crippen LogP contribution in [-0.4, -0.2) is 10.9 Å². The Bertz CT molecular complexity index is 1190. The molecule has 0 aliphatic rings. The number of thioether (sulfide) groups is 1. The standard InChI is InChI=1S/C21H13Cl2FN2OS2/c22-15-5-3-6-16(23)14(15)11-28-21-26-18-9-8-12(10-19(18)29-21)25-20(27)13-4-1-2-7-17(13)24/h1-10H,11H2,(H,25,27). The monoisotopic (exact) mass is 462 g/mol.